The standard InChI is InChI=1S/C21H22BrN3O3/c1-2-5-13(21(27)28)11-24(25-18-6-3-4-7-19(18)25)12-14-8-15(22)9-17-16(14)10-20(26)23-17/h3-4,6-9,13H,2,5,10-12H2,1H3,(H,23,26)(H,27,28). The van der Waals surface area contributed by atoms with Crippen molar-refractivity contribution in [2.24, 2.45) is 5.92 Å². The third-order valence-electron chi connectivity index (χ3n) is 5.26. The molecule has 0 bridgehead atoms. The van der Waals surface area contributed by atoms with Crippen molar-refractivity contribution in [3.63, 3.8) is 0 Å². The van der Waals surface area contributed by atoms with Gasteiger partial charge in [-0.25, -0.2) is 5.01 Å². The number of para-hydroxylation sites is 2. The molecule has 2 aromatic carbocycles. The van der Waals surface area contributed by atoms with E-state index in [1.54, 1.807) is 0 Å². The van der Waals surface area contributed by atoms with Crippen LogP contribution in [0.2, 0.25) is 0 Å². The number of nitrogens with one attached hydrogen (secondary N) is 1. The highest BCUT2D eigenvalue weighted by Crippen LogP contribution is 2.49. The molecule has 146 valence electrons. The van der Waals surface area contributed by atoms with Crippen molar-refractivity contribution in [1.82, 2.24) is 5.01 Å². The zero-order valence-electron chi connectivity index (χ0n) is 15.6. The molecule has 1 atom stereocenters. The minimum Gasteiger partial charge on any atom is -0.481 e. The van der Waals surface area contributed by atoms with Gasteiger partial charge in [-0.2, -0.15) is 0 Å². The Morgan fingerprint density at radius 2 is 2.04 bits per heavy atom. The number of hydrazine groups is 1. The smallest absolute Gasteiger partial charge is 0.307 e. The molecular weight excluding hydrogens is 422 g/mol. The van der Waals surface area contributed by atoms with E-state index < -0.39 is 11.9 Å². The van der Waals surface area contributed by atoms with Crippen LogP contribution in [0.15, 0.2) is 40.9 Å². The summed E-state index contributed by atoms with van der Waals surface area (Å²) in [5.41, 5.74) is 5.06. The summed E-state index contributed by atoms with van der Waals surface area (Å²) in [6.07, 6.45) is 1.81. The predicted molar refractivity (Wildman–Crippen MR) is 112 cm³/mol. The second kappa shape index (κ2) is 7.56. The van der Waals surface area contributed by atoms with Crippen LogP contribution in [0.4, 0.5) is 17.1 Å². The summed E-state index contributed by atoms with van der Waals surface area (Å²) >= 11 is 3.53. The highest BCUT2D eigenvalue weighted by Gasteiger charge is 2.36. The third-order valence-corrected chi connectivity index (χ3v) is 5.72. The van der Waals surface area contributed by atoms with Gasteiger partial charge in [0.15, 0.2) is 0 Å². The van der Waals surface area contributed by atoms with Gasteiger partial charge in [-0.05, 0) is 41.8 Å². The van der Waals surface area contributed by atoms with Gasteiger partial charge < -0.3 is 10.4 Å². The fourth-order valence-corrected chi connectivity index (χ4v) is 4.42. The van der Waals surface area contributed by atoms with Crippen molar-refractivity contribution < 1.29 is 14.7 Å². The number of hydrogen-bond acceptors (Lipinski definition) is 4. The SMILES string of the molecule is CCCC(CN(Cc1cc(Br)cc2c1CC(=O)N2)N1c2ccccc21)C(=O)O. The largest absolute Gasteiger partial charge is 0.481 e. The highest BCUT2D eigenvalue weighted by atomic mass is 79.9. The lowest BCUT2D eigenvalue weighted by molar-refractivity contribution is -0.142. The van der Waals surface area contributed by atoms with Gasteiger partial charge in [0.25, 0.3) is 0 Å². The second-order valence-corrected chi connectivity index (χ2v) is 8.20. The Morgan fingerprint density at radius 1 is 1.32 bits per heavy atom. The molecule has 2 heterocycles. The minimum absolute atomic E-state index is 0.00897. The Morgan fingerprint density at radius 3 is 2.68 bits per heavy atom. The van der Waals surface area contributed by atoms with Gasteiger partial charge in [0.05, 0.1) is 23.7 Å². The molecule has 0 fully saturated rings. The maximum absolute atomic E-state index is 11.9. The van der Waals surface area contributed by atoms with Crippen LogP contribution in [0.5, 0.6) is 0 Å². The zero-order valence-corrected chi connectivity index (χ0v) is 17.2. The molecule has 2 aromatic rings. The summed E-state index contributed by atoms with van der Waals surface area (Å²) in [6, 6.07) is 12.0. The Labute approximate surface area is 172 Å². The first kappa shape index (κ1) is 19.0. The number of carbonyl (C=O) groups excluding carboxylic acids is 1. The number of carboxylic acid groups (broad SMARTS) is 1. The zero-order chi connectivity index (χ0) is 19.8. The molecule has 0 spiro atoms. The quantitative estimate of drug-likeness (QED) is 0.594. The first-order valence-corrected chi connectivity index (χ1v) is 10.2. The maximum Gasteiger partial charge on any atom is 0.307 e. The Bertz CT molecular complexity index is 923. The minimum atomic E-state index is -0.769. The molecule has 28 heavy (non-hydrogen) atoms. The van der Waals surface area contributed by atoms with Crippen molar-refractivity contribution >= 4 is 44.9 Å². The van der Waals surface area contributed by atoms with Crippen LogP contribution in [0.1, 0.15) is 30.9 Å². The monoisotopic (exact) mass is 443 g/mol. The van der Waals surface area contributed by atoms with Crippen molar-refractivity contribution in [3.05, 3.63) is 52.0 Å². The maximum atomic E-state index is 11.9. The van der Waals surface area contributed by atoms with Crippen LogP contribution in [0.3, 0.4) is 0 Å². The van der Waals surface area contributed by atoms with Gasteiger partial charge in [-0.3, -0.25) is 14.6 Å². The molecule has 6 nitrogen and oxygen atoms in total. The third kappa shape index (κ3) is 3.64. The molecule has 2 aliphatic rings. The number of amides is 1. The van der Waals surface area contributed by atoms with Crippen LogP contribution in [-0.4, -0.2) is 28.5 Å². The number of rotatable bonds is 8. The van der Waals surface area contributed by atoms with E-state index in [9.17, 15) is 14.7 Å². The van der Waals surface area contributed by atoms with Crippen molar-refractivity contribution in [1.29, 1.82) is 0 Å². The molecule has 0 aromatic heterocycles. The molecule has 0 aliphatic carbocycles. The second-order valence-electron chi connectivity index (χ2n) is 7.29. The van der Waals surface area contributed by atoms with E-state index in [-0.39, 0.29) is 5.91 Å². The summed E-state index contributed by atoms with van der Waals surface area (Å²) in [4.78, 5) is 23.7. The normalized spacial score (nSPS) is 15.2. The summed E-state index contributed by atoms with van der Waals surface area (Å²) < 4.78 is 0.898. The predicted octanol–water partition coefficient (Wildman–Crippen LogP) is 4.31. The van der Waals surface area contributed by atoms with Crippen LogP contribution in [-0.2, 0) is 22.6 Å². The van der Waals surface area contributed by atoms with E-state index in [2.05, 4.69) is 31.3 Å². The number of carboxylic acids is 1. The summed E-state index contributed by atoms with van der Waals surface area (Å²) in [7, 11) is 0. The van der Waals surface area contributed by atoms with E-state index in [4.69, 9.17) is 0 Å². The molecule has 0 radical (unpaired) electrons. The van der Waals surface area contributed by atoms with E-state index in [0.29, 0.717) is 25.9 Å². The van der Waals surface area contributed by atoms with E-state index >= 15 is 0 Å². The topological polar surface area (TPSA) is 72.7 Å². The Balaban J connectivity index is 1.64. The summed E-state index contributed by atoms with van der Waals surface area (Å²) in [5, 5.41) is 16.7. The lowest BCUT2D eigenvalue weighted by Gasteiger charge is -2.28. The Kier molecular flexibility index (Phi) is 5.12. The first-order valence-electron chi connectivity index (χ1n) is 9.46. The molecule has 0 saturated carbocycles. The number of fused-ring (bicyclic) bond motifs is 2. The van der Waals surface area contributed by atoms with Gasteiger partial charge in [0, 0.05) is 23.2 Å². The summed E-state index contributed by atoms with van der Waals surface area (Å²) in [6.45, 7) is 2.96. The molecule has 0 saturated heterocycles. The van der Waals surface area contributed by atoms with Gasteiger partial charge in [0.1, 0.15) is 0 Å². The fraction of sp³-hybridized carbons (Fsp3) is 0.333. The number of carbonyl (C=O) groups is 2. The highest BCUT2D eigenvalue weighted by molar-refractivity contribution is 9.10. The van der Waals surface area contributed by atoms with Crippen LogP contribution in [0, 0.1) is 5.92 Å². The number of anilines is 3. The molecule has 1 unspecified atom stereocenters. The van der Waals surface area contributed by atoms with Gasteiger partial charge in [0.2, 0.25) is 5.91 Å². The van der Waals surface area contributed by atoms with Crippen LogP contribution >= 0.6 is 15.9 Å². The number of aliphatic carboxylic acids is 1. The first-order chi connectivity index (χ1) is 13.5. The number of nitrogens with zero attached hydrogens (tertiary/aromatic N) is 2. The van der Waals surface area contributed by atoms with Crippen LogP contribution in [0.25, 0.3) is 0 Å². The molecule has 4 rings (SSSR count). The summed E-state index contributed by atoms with van der Waals surface area (Å²) in [5.74, 6) is -1.22. The van der Waals surface area contributed by atoms with E-state index in [1.165, 1.54) is 0 Å². The fourth-order valence-electron chi connectivity index (χ4n) is 3.91. The van der Waals surface area contributed by atoms with Gasteiger partial charge in [-0.1, -0.05) is 41.4 Å². The lowest BCUT2D eigenvalue weighted by atomic mass is 10.0. The van der Waals surface area contributed by atoms with E-state index in [0.717, 1.165) is 39.1 Å². The van der Waals surface area contributed by atoms with Crippen LogP contribution < -0.4 is 10.3 Å². The average Bonchev–Trinajstić information content (AvgIpc) is 3.25. The average molecular weight is 444 g/mol. The number of benzene rings is 2. The van der Waals surface area contributed by atoms with E-state index in [1.807, 2.05) is 43.3 Å². The van der Waals surface area contributed by atoms with Crippen molar-refractivity contribution in [3.8, 4) is 0 Å². The van der Waals surface area contributed by atoms with Crippen molar-refractivity contribution in [2.75, 3.05) is 16.9 Å². The Hall–Kier alpha value is -2.38. The number of halogens is 1. The lowest BCUT2D eigenvalue weighted by Crippen LogP contribution is -2.38. The molecule has 2 aliphatic heterocycles. The molecule has 7 heteroatoms. The molecular formula is C21H22BrN3O3. The molecule has 1 amide bonds. The van der Waals surface area contributed by atoms with Gasteiger partial charge >= 0.3 is 5.97 Å². The van der Waals surface area contributed by atoms with Gasteiger partial charge in [-0.15, -0.1) is 0 Å². The van der Waals surface area contributed by atoms with Crippen molar-refractivity contribution in [2.45, 2.75) is 32.7 Å². The molecule has 2 N–H and O–H groups in total. The number of hydrogen-bond donors (Lipinski definition) is 2.